The second-order valence-electron chi connectivity index (χ2n) is 36.7. The number of ether oxygens (including phenoxy) is 16. The Morgan fingerprint density at radius 2 is 0.702 bits per heavy atom. The van der Waals surface area contributed by atoms with Crippen LogP contribution in [0.15, 0.2) is 285 Å². The molecule has 4 aliphatic carbocycles. The van der Waals surface area contributed by atoms with Crippen molar-refractivity contribution in [2.24, 2.45) is 46.3 Å². The summed E-state index contributed by atoms with van der Waals surface area (Å²) in [5.41, 5.74) is 10.9. The third-order valence-electron chi connectivity index (χ3n) is 28.6. The van der Waals surface area contributed by atoms with E-state index < -0.39 is 92.3 Å². The first-order valence-corrected chi connectivity index (χ1v) is 46.0. The van der Waals surface area contributed by atoms with Gasteiger partial charge in [-0.1, -0.05) is 312 Å². The van der Waals surface area contributed by atoms with Crippen molar-refractivity contribution in [2.45, 2.75) is 276 Å². The van der Waals surface area contributed by atoms with E-state index in [2.05, 4.69) is 162 Å². The third-order valence-corrected chi connectivity index (χ3v) is 28.6. The van der Waals surface area contributed by atoms with Gasteiger partial charge in [0.2, 0.25) is 0 Å². The summed E-state index contributed by atoms with van der Waals surface area (Å²) in [6, 6.07) is 92.6. The zero-order chi connectivity index (χ0) is 84.6. The minimum Gasteiger partial charge on any atom is -0.374 e. The number of hydrogen-bond donors (Lipinski definition) is 0. The van der Waals surface area contributed by atoms with Gasteiger partial charge in [0, 0.05) is 5.92 Å². The van der Waals surface area contributed by atoms with Crippen molar-refractivity contribution in [3.63, 3.8) is 0 Å². The van der Waals surface area contributed by atoms with Crippen LogP contribution in [0.1, 0.15) is 156 Å². The minimum absolute atomic E-state index is 0.0108. The van der Waals surface area contributed by atoms with E-state index in [4.69, 9.17) is 75.8 Å². The van der Waals surface area contributed by atoms with Gasteiger partial charge in [0.25, 0.3) is 0 Å². The second-order valence-corrected chi connectivity index (χ2v) is 36.7. The molecule has 0 aromatic heterocycles. The van der Waals surface area contributed by atoms with Gasteiger partial charge in [0.15, 0.2) is 25.2 Å². The number of hydrogen-bond acceptors (Lipinski definition) is 16. The molecule has 0 N–H and O–H groups in total. The molecule has 0 spiro atoms. The molecule has 8 aliphatic rings. The maximum atomic E-state index is 7.86. The molecule has 7 fully saturated rings. The van der Waals surface area contributed by atoms with Crippen molar-refractivity contribution in [1.29, 1.82) is 0 Å². The summed E-state index contributed by atoms with van der Waals surface area (Å²) in [5, 5.41) is 0. The van der Waals surface area contributed by atoms with E-state index in [9.17, 15) is 0 Å². The monoisotopic (exact) mass is 1680 g/mol. The fourth-order valence-corrected chi connectivity index (χ4v) is 21.9. The lowest BCUT2D eigenvalue weighted by Crippen LogP contribution is -2.66. The standard InChI is InChI=1S/C108H128O16/c1-73-52-57-92(121-103(73)124-105-101(117-71-85-50-32-15-33-51-85)98(114-68-82-44-26-12-27-45-82)95(76(4)119-105)111-65-79-38-20-9-21-39-79)74(2)89-55-56-90-88-54-53-86-62-87(58-60-107(86,5)91(88)59-61-108(89,90)6)120-106-102(99(115-69-83-46-28-13-29-47-83)96(112-66-80-40-22-10-23-41-80)93(122-106)72-109-63-77-34-16-7-17-35-77)123-104-100(116-70-84-48-30-14-31-49-84)97(113-67-81-42-24-11-25-43-81)94(75(3)118-104)110-64-78-36-18-8-19-37-78/h7-51,53,73-76,87-106H,52,54-72H2,1-6H3/t73-,74-,75-,76-,87-,88-,89+,90-,91-,92+,93+,94-,95-,96+,97+,98+,99-,100+,101+,102+,103+,104-,105-,106+,107-,108+/m0/s1. The van der Waals surface area contributed by atoms with E-state index in [1.165, 1.54) is 31.3 Å². The van der Waals surface area contributed by atoms with Gasteiger partial charge in [-0.3, -0.25) is 0 Å². The minimum atomic E-state index is -1.06. The molecule has 3 saturated carbocycles. The predicted octanol–water partition coefficient (Wildman–Crippen LogP) is 21.2. The molecular weight excluding hydrogens is 1550 g/mol. The molecule has 0 bridgehead atoms. The van der Waals surface area contributed by atoms with Gasteiger partial charge in [0.05, 0.1) is 90.5 Å². The number of rotatable bonds is 36. The molecule has 0 unspecified atom stereocenters. The molecule has 17 rings (SSSR count). The summed E-state index contributed by atoms with van der Waals surface area (Å²) in [7, 11) is 0. The normalized spacial score (nSPS) is 33.2. The van der Waals surface area contributed by atoms with Crippen molar-refractivity contribution in [3.05, 3.63) is 335 Å². The SMILES string of the molecule is C[C@@H]([C@H]1CC[C@H]2[C@@H]3CC=C4C[C@@H](O[C@@H]5O[C@H](COCc6ccccc6)[C@@H](OCc6ccccc6)[C@H](OCc6ccccc6)[C@H]5O[C@@H]5O[C@@H](C)[C@H](OCc6ccccc6)[C@@H](OCc6ccccc6)[C@H]5OCc5ccccc5)CC[C@]4(C)[C@H]3CC[C@]12C)[C@H]1CC[C@H](C)[C@@H](O[C@@H]2O[C@@H](C)[C@H](OCc3ccccc3)[C@@H](OCc3ccccc3)[C@H]2OCc2ccccc2)O1. The molecule has 0 radical (unpaired) electrons. The van der Waals surface area contributed by atoms with Gasteiger partial charge in [-0.2, -0.15) is 0 Å². The predicted molar refractivity (Wildman–Crippen MR) is 476 cm³/mol. The summed E-state index contributed by atoms with van der Waals surface area (Å²) < 4.78 is 116. The van der Waals surface area contributed by atoms with Crippen LogP contribution in [-0.4, -0.2) is 117 Å². The van der Waals surface area contributed by atoms with Crippen LogP contribution in [0.4, 0.5) is 0 Å². The van der Waals surface area contributed by atoms with Gasteiger partial charge in [-0.25, -0.2) is 0 Å². The largest absolute Gasteiger partial charge is 0.374 e. The summed E-state index contributed by atoms with van der Waals surface area (Å²) >= 11 is 0. The smallest absolute Gasteiger partial charge is 0.189 e. The topological polar surface area (TPSA) is 148 Å². The van der Waals surface area contributed by atoms with Crippen LogP contribution >= 0.6 is 0 Å². The fourth-order valence-electron chi connectivity index (χ4n) is 21.9. The van der Waals surface area contributed by atoms with Crippen LogP contribution in [-0.2, 0) is 135 Å². The zero-order valence-electron chi connectivity index (χ0n) is 73.1. The van der Waals surface area contributed by atoms with Gasteiger partial charge in [-0.05, 0) is 169 Å². The maximum absolute atomic E-state index is 7.86. The maximum Gasteiger partial charge on any atom is 0.189 e. The van der Waals surface area contributed by atoms with Crippen LogP contribution in [0.25, 0.3) is 0 Å². The van der Waals surface area contributed by atoms with E-state index in [0.29, 0.717) is 69.2 Å². The Morgan fingerprint density at radius 1 is 0.331 bits per heavy atom. The molecule has 4 aliphatic heterocycles. The first kappa shape index (κ1) is 88.1. The second kappa shape index (κ2) is 42.3. The number of allylic oxidation sites excluding steroid dienone is 1. The van der Waals surface area contributed by atoms with Crippen LogP contribution in [0.3, 0.4) is 0 Å². The molecule has 9 aromatic rings. The van der Waals surface area contributed by atoms with Crippen molar-refractivity contribution in [2.75, 3.05) is 6.61 Å². The van der Waals surface area contributed by atoms with Gasteiger partial charge in [0.1, 0.15) is 61.0 Å². The van der Waals surface area contributed by atoms with Crippen molar-refractivity contribution < 1.29 is 75.8 Å². The highest BCUT2D eigenvalue weighted by Crippen LogP contribution is 2.68. The molecule has 4 saturated heterocycles. The average Bonchev–Trinajstić information content (AvgIpc) is 1.59. The number of benzene rings is 9. The van der Waals surface area contributed by atoms with E-state index in [-0.39, 0.29) is 61.5 Å². The molecule has 16 heteroatoms. The Bertz CT molecular complexity index is 4680. The summed E-state index contributed by atoms with van der Waals surface area (Å²) in [6.45, 7) is 17.2. The molecule has 26 atom stereocenters. The Morgan fingerprint density at radius 3 is 1.13 bits per heavy atom. The van der Waals surface area contributed by atoms with E-state index in [1.807, 2.05) is 159 Å². The summed E-state index contributed by atoms with van der Waals surface area (Å²) in [4.78, 5) is 0. The van der Waals surface area contributed by atoms with Gasteiger partial charge >= 0.3 is 0 Å². The van der Waals surface area contributed by atoms with E-state index in [1.54, 1.807) is 0 Å². The third kappa shape index (κ3) is 21.4. The van der Waals surface area contributed by atoms with Crippen molar-refractivity contribution >= 4 is 0 Å². The highest BCUT2D eigenvalue weighted by atomic mass is 16.8. The van der Waals surface area contributed by atoms with E-state index >= 15 is 0 Å². The molecule has 124 heavy (non-hydrogen) atoms. The van der Waals surface area contributed by atoms with Crippen molar-refractivity contribution in [1.82, 2.24) is 0 Å². The Balaban J connectivity index is 0.634. The Labute approximate surface area is 735 Å². The molecular formula is C108H128O16. The molecule has 4 heterocycles. The first-order valence-electron chi connectivity index (χ1n) is 46.0. The fraction of sp³-hybridized carbons (Fsp3) is 0.481. The van der Waals surface area contributed by atoms with Gasteiger partial charge < -0.3 is 75.8 Å². The highest BCUT2D eigenvalue weighted by Gasteiger charge is 2.62. The van der Waals surface area contributed by atoms with E-state index in [0.717, 1.165) is 88.6 Å². The Hall–Kier alpha value is -7.92. The quantitative estimate of drug-likeness (QED) is 0.0343. The lowest BCUT2D eigenvalue weighted by Gasteiger charge is -2.59. The Kier molecular flexibility index (Phi) is 30.1. The lowest BCUT2D eigenvalue weighted by atomic mass is 9.47. The summed E-state index contributed by atoms with van der Waals surface area (Å²) in [5.74, 6) is 2.60. The van der Waals surface area contributed by atoms with Crippen molar-refractivity contribution in [3.8, 4) is 0 Å². The lowest BCUT2D eigenvalue weighted by molar-refractivity contribution is -0.384. The van der Waals surface area contributed by atoms with Crippen LogP contribution in [0.5, 0.6) is 0 Å². The molecule has 0 amide bonds. The summed E-state index contributed by atoms with van der Waals surface area (Å²) in [6.07, 6.45) is 1.57. The van der Waals surface area contributed by atoms with Crippen LogP contribution in [0.2, 0.25) is 0 Å². The average molecular weight is 1680 g/mol. The number of fused-ring (bicyclic) bond motifs is 5. The molecule has 9 aromatic carbocycles. The van der Waals surface area contributed by atoms with Gasteiger partial charge in [-0.15, -0.1) is 0 Å². The highest BCUT2D eigenvalue weighted by molar-refractivity contribution is 5.28. The molecule has 16 nitrogen and oxygen atoms in total. The first-order chi connectivity index (χ1) is 60.8. The zero-order valence-corrected chi connectivity index (χ0v) is 73.1. The molecule has 656 valence electrons. The van der Waals surface area contributed by atoms with Crippen LogP contribution < -0.4 is 0 Å². The van der Waals surface area contributed by atoms with Crippen LogP contribution in [0, 0.1) is 46.3 Å².